The van der Waals surface area contributed by atoms with Crippen molar-refractivity contribution in [3.63, 3.8) is 0 Å². The fraction of sp³-hybridized carbons (Fsp3) is 0.636. The predicted octanol–water partition coefficient (Wildman–Crippen LogP) is 0.0422. The molecule has 0 unspecified atom stereocenters. The zero-order valence-electron chi connectivity index (χ0n) is 11.0. The highest BCUT2D eigenvalue weighted by Gasteiger charge is 2.39. The van der Waals surface area contributed by atoms with Crippen LogP contribution in [0.15, 0.2) is 6.07 Å². The molecule has 4 N–H and O–H groups in total. The van der Waals surface area contributed by atoms with Gasteiger partial charge in [0.1, 0.15) is 29.3 Å². The van der Waals surface area contributed by atoms with Crippen LogP contribution in [0.2, 0.25) is 5.15 Å². The lowest BCUT2D eigenvalue weighted by molar-refractivity contribution is -0.152. The maximum Gasteiger partial charge on any atom is 0.451 e. The third-order valence-corrected chi connectivity index (χ3v) is 3.29. The van der Waals surface area contributed by atoms with E-state index in [4.69, 9.17) is 21.4 Å². The Morgan fingerprint density at radius 3 is 2.59 bits per heavy atom. The van der Waals surface area contributed by atoms with E-state index in [-0.39, 0.29) is 12.4 Å². The minimum atomic E-state index is -4.77. The van der Waals surface area contributed by atoms with Crippen LogP contribution in [0.25, 0.3) is 0 Å². The molecule has 0 radical (unpaired) electrons. The first-order valence-electron chi connectivity index (χ1n) is 6.19. The zero-order valence-corrected chi connectivity index (χ0v) is 11.7. The van der Waals surface area contributed by atoms with Crippen LogP contribution >= 0.6 is 11.6 Å². The minimum Gasteiger partial charge on any atom is -0.394 e. The monoisotopic (exact) mass is 343 g/mol. The molecule has 124 valence electrons. The van der Waals surface area contributed by atoms with Crippen molar-refractivity contribution in [3.05, 3.63) is 17.0 Å². The van der Waals surface area contributed by atoms with Gasteiger partial charge in [-0.2, -0.15) is 13.2 Å². The van der Waals surface area contributed by atoms with Gasteiger partial charge in [-0.05, 0) is 0 Å². The van der Waals surface area contributed by atoms with E-state index in [0.29, 0.717) is 0 Å². The fourth-order valence-electron chi connectivity index (χ4n) is 1.98. The van der Waals surface area contributed by atoms with Crippen LogP contribution in [-0.2, 0) is 10.9 Å². The molecule has 22 heavy (non-hydrogen) atoms. The summed E-state index contributed by atoms with van der Waals surface area (Å²) in [4.78, 5) is 6.34. The number of hydrogen-bond acceptors (Lipinski definition) is 7. The number of hydrogen-bond donors (Lipinski definition) is 4. The summed E-state index contributed by atoms with van der Waals surface area (Å²) in [5, 5.41) is 30.6. The molecule has 2 heterocycles. The Balaban J connectivity index is 2.16. The van der Waals surface area contributed by atoms with Crippen molar-refractivity contribution in [1.82, 2.24) is 9.97 Å². The largest absolute Gasteiger partial charge is 0.451 e. The van der Waals surface area contributed by atoms with Crippen molar-refractivity contribution in [3.8, 4) is 0 Å². The molecule has 0 saturated carbocycles. The molecule has 1 aromatic heterocycles. The molecule has 1 saturated heterocycles. The smallest absolute Gasteiger partial charge is 0.394 e. The molecule has 2 rings (SSSR count). The van der Waals surface area contributed by atoms with Crippen LogP contribution in [0, 0.1) is 0 Å². The van der Waals surface area contributed by atoms with Crippen LogP contribution in [-0.4, -0.2) is 62.9 Å². The maximum absolute atomic E-state index is 12.6. The summed E-state index contributed by atoms with van der Waals surface area (Å²) in [7, 11) is 0. The average Bonchev–Trinajstić information content (AvgIpc) is 2.43. The van der Waals surface area contributed by atoms with Crippen molar-refractivity contribution in [1.29, 1.82) is 0 Å². The Bertz CT molecular complexity index is 534. The SMILES string of the molecule is OC[C@H]1OC[C@H](Nc2cc(Cl)nc(C(F)(F)F)n2)[C@@H](O)[C@H]1O. The highest BCUT2D eigenvalue weighted by atomic mass is 35.5. The van der Waals surface area contributed by atoms with Gasteiger partial charge in [-0.15, -0.1) is 0 Å². The Morgan fingerprint density at radius 2 is 2.00 bits per heavy atom. The summed E-state index contributed by atoms with van der Waals surface area (Å²) < 4.78 is 42.9. The minimum absolute atomic E-state index is 0.146. The Kier molecular flexibility index (Phi) is 5.07. The lowest BCUT2D eigenvalue weighted by Crippen LogP contribution is -2.56. The van der Waals surface area contributed by atoms with E-state index in [1.807, 2.05) is 0 Å². The van der Waals surface area contributed by atoms with Crippen LogP contribution in [0.1, 0.15) is 5.82 Å². The number of rotatable bonds is 3. The summed E-state index contributed by atoms with van der Waals surface area (Å²) in [5.41, 5.74) is 0. The molecule has 0 aliphatic carbocycles. The number of aliphatic hydroxyl groups excluding tert-OH is 3. The zero-order chi connectivity index (χ0) is 16.5. The quantitative estimate of drug-likeness (QED) is 0.574. The third-order valence-electron chi connectivity index (χ3n) is 3.09. The highest BCUT2D eigenvalue weighted by molar-refractivity contribution is 6.29. The van der Waals surface area contributed by atoms with E-state index in [1.165, 1.54) is 0 Å². The summed E-state index contributed by atoms with van der Waals surface area (Å²) >= 11 is 5.52. The first kappa shape index (κ1) is 17.2. The van der Waals surface area contributed by atoms with E-state index in [9.17, 15) is 23.4 Å². The molecular formula is C11H13ClF3N3O4. The van der Waals surface area contributed by atoms with E-state index in [0.717, 1.165) is 6.07 Å². The summed E-state index contributed by atoms with van der Waals surface area (Å²) in [6, 6.07) is 0.124. The van der Waals surface area contributed by atoms with Crippen molar-refractivity contribution in [2.75, 3.05) is 18.5 Å². The predicted molar refractivity (Wildman–Crippen MR) is 68.3 cm³/mol. The van der Waals surface area contributed by atoms with E-state index in [1.54, 1.807) is 0 Å². The number of halogens is 4. The van der Waals surface area contributed by atoms with E-state index >= 15 is 0 Å². The van der Waals surface area contributed by atoms with Crippen LogP contribution in [0.4, 0.5) is 19.0 Å². The van der Waals surface area contributed by atoms with Crippen molar-refractivity contribution < 1.29 is 33.2 Å². The fourth-order valence-corrected chi connectivity index (χ4v) is 2.16. The van der Waals surface area contributed by atoms with Crippen molar-refractivity contribution in [2.45, 2.75) is 30.5 Å². The van der Waals surface area contributed by atoms with Crippen molar-refractivity contribution in [2.24, 2.45) is 0 Å². The van der Waals surface area contributed by atoms with Crippen LogP contribution in [0.3, 0.4) is 0 Å². The number of aliphatic hydroxyl groups is 3. The first-order chi connectivity index (χ1) is 10.2. The molecule has 1 fully saturated rings. The van der Waals surface area contributed by atoms with Gasteiger partial charge in [-0.25, -0.2) is 9.97 Å². The number of ether oxygens (including phenoxy) is 1. The number of aromatic nitrogens is 2. The summed E-state index contributed by atoms with van der Waals surface area (Å²) in [6.45, 7) is -0.644. The second kappa shape index (κ2) is 6.50. The van der Waals surface area contributed by atoms with Gasteiger partial charge in [0.2, 0.25) is 5.82 Å². The molecule has 1 aliphatic heterocycles. The summed E-state index contributed by atoms with van der Waals surface area (Å²) in [6.07, 6.45) is -8.50. The molecule has 0 spiro atoms. The lowest BCUT2D eigenvalue weighted by atomic mass is 9.98. The number of nitrogens with one attached hydrogen (secondary N) is 1. The van der Waals surface area contributed by atoms with Gasteiger partial charge in [0.25, 0.3) is 0 Å². The van der Waals surface area contributed by atoms with E-state index < -0.39 is 48.1 Å². The van der Waals surface area contributed by atoms with Crippen LogP contribution in [0.5, 0.6) is 0 Å². The standard InChI is InChI=1S/C11H13ClF3N3O4/c12-6-1-7(18-10(17-6)11(13,14)15)16-4-3-22-5(2-19)9(21)8(4)20/h1,4-5,8-9,19-21H,2-3H2,(H,16,17,18)/t4-,5+,8+,9-/m0/s1. The van der Waals surface area contributed by atoms with Gasteiger partial charge in [0.15, 0.2) is 0 Å². The Labute approximate surface area is 127 Å². The maximum atomic E-state index is 12.6. The van der Waals surface area contributed by atoms with E-state index in [2.05, 4.69) is 15.3 Å². The van der Waals surface area contributed by atoms with Gasteiger partial charge < -0.3 is 25.4 Å². The molecule has 0 bridgehead atoms. The van der Waals surface area contributed by atoms with Crippen molar-refractivity contribution >= 4 is 17.4 Å². The Morgan fingerprint density at radius 1 is 1.32 bits per heavy atom. The van der Waals surface area contributed by atoms with Gasteiger partial charge in [0.05, 0.1) is 19.3 Å². The first-order valence-corrected chi connectivity index (χ1v) is 6.57. The molecule has 0 aromatic carbocycles. The second-order valence-corrected chi connectivity index (χ2v) is 5.07. The molecule has 7 nitrogen and oxygen atoms in total. The van der Waals surface area contributed by atoms with Gasteiger partial charge in [0, 0.05) is 6.07 Å². The average molecular weight is 344 g/mol. The molecule has 4 atom stereocenters. The third kappa shape index (κ3) is 3.76. The molecule has 1 aromatic rings. The van der Waals surface area contributed by atoms with Gasteiger partial charge in [-0.3, -0.25) is 0 Å². The topological polar surface area (TPSA) is 108 Å². The van der Waals surface area contributed by atoms with Gasteiger partial charge >= 0.3 is 6.18 Å². The second-order valence-electron chi connectivity index (χ2n) is 4.68. The normalized spacial score (nSPS) is 29.4. The molecule has 11 heteroatoms. The van der Waals surface area contributed by atoms with Gasteiger partial charge in [-0.1, -0.05) is 11.6 Å². The highest BCUT2D eigenvalue weighted by Crippen LogP contribution is 2.29. The number of alkyl halides is 3. The summed E-state index contributed by atoms with van der Waals surface area (Å²) in [5.74, 6) is -1.70. The number of nitrogens with zero attached hydrogens (tertiary/aromatic N) is 2. The molecule has 1 aliphatic rings. The Hall–Kier alpha value is -1.20. The van der Waals surface area contributed by atoms with Crippen LogP contribution < -0.4 is 5.32 Å². The number of anilines is 1. The molecule has 0 amide bonds. The lowest BCUT2D eigenvalue weighted by Gasteiger charge is -2.37. The molecular weight excluding hydrogens is 331 g/mol.